The van der Waals surface area contributed by atoms with E-state index in [1.165, 1.54) is 7.11 Å². The summed E-state index contributed by atoms with van der Waals surface area (Å²) in [6.45, 7) is 1.93. The second-order valence-corrected chi connectivity index (χ2v) is 3.85. The van der Waals surface area contributed by atoms with Crippen molar-refractivity contribution in [3.8, 4) is 0 Å². The van der Waals surface area contributed by atoms with Gasteiger partial charge in [0, 0.05) is 11.6 Å². The van der Waals surface area contributed by atoms with E-state index in [-0.39, 0.29) is 0 Å². The number of carbonyl (C=O) groups excluding carboxylic acids is 1. The average Bonchev–Trinajstić information content (AvgIpc) is 2.28. The standard InChI is InChI=1S/C12H10ClNO2/c1-7-5-6-14-11-8(12(15)16-2)3-4-9(13)10(7)11/h3-6H,1-2H3. The fourth-order valence-electron chi connectivity index (χ4n) is 1.66. The molecule has 4 heteroatoms. The largest absolute Gasteiger partial charge is 0.465 e. The lowest BCUT2D eigenvalue weighted by atomic mass is 10.1. The third-order valence-corrected chi connectivity index (χ3v) is 2.77. The number of carbonyl (C=O) groups is 1. The minimum atomic E-state index is -0.403. The number of benzene rings is 1. The number of ether oxygens (including phenoxy) is 1. The number of nitrogens with zero attached hydrogens (tertiary/aromatic N) is 1. The van der Waals surface area contributed by atoms with Crippen molar-refractivity contribution in [1.29, 1.82) is 0 Å². The van der Waals surface area contributed by atoms with Gasteiger partial charge in [-0.3, -0.25) is 4.98 Å². The zero-order valence-electron chi connectivity index (χ0n) is 8.95. The Bertz CT molecular complexity index is 558. The Labute approximate surface area is 98.0 Å². The molecule has 0 saturated heterocycles. The van der Waals surface area contributed by atoms with E-state index in [0.29, 0.717) is 16.1 Å². The molecule has 82 valence electrons. The van der Waals surface area contributed by atoms with Gasteiger partial charge >= 0.3 is 5.97 Å². The molecule has 1 heterocycles. The van der Waals surface area contributed by atoms with Crippen molar-refractivity contribution in [3.63, 3.8) is 0 Å². The number of aryl methyl sites for hydroxylation is 1. The molecule has 0 radical (unpaired) electrons. The van der Waals surface area contributed by atoms with Gasteiger partial charge in [-0.2, -0.15) is 0 Å². The normalized spacial score (nSPS) is 10.4. The van der Waals surface area contributed by atoms with Gasteiger partial charge < -0.3 is 4.74 Å². The molecule has 16 heavy (non-hydrogen) atoms. The van der Waals surface area contributed by atoms with E-state index in [4.69, 9.17) is 16.3 Å². The van der Waals surface area contributed by atoms with Gasteiger partial charge in [0.1, 0.15) is 0 Å². The highest BCUT2D eigenvalue weighted by molar-refractivity contribution is 6.36. The maximum absolute atomic E-state index is 11.5. The highest BCUT2D eigenvalue weighted by atomic mass is 35.5. The monoisotopic (exact) mass is 235 g/mol. The fraction of sp³-hybridized carbons (Fsp3) is 0.167. The van der Waals surface area contributed by atoms with Crippen LogP contribution >= 0.6 is 11.6 Å². The second kappa shape index (κ2) is 4.10. The summed E-state index contributed by atoms with van der Waals surface area (Å²) in [7, 11) is 1.35. The van der Waals surface area contributed by atoms with Crippen LogP contribution in [0.15, 0.2) is 24.4 Å². The minimum Gasteiger partial charge on any atom is -0.465 e. The molecule has 0 amide bonds. The molecule has 0 aliphatic heterocycles. The smallest absolute Gasteiger partial charge is 0.340 e. The van der Waals surface area contributed by atoms with Crippen molar-refractivity contribution in [2.24, 2.45) is 0 Å². The zero-order valence-corrected chi connectivity index (χ0v) is 9.71. The van der Waals surface area contributed by atoms with E-state index < -0.39 is 5.97 Å². The van der Waals surface area contributed by atoms with Crippen LogP contribution in [0.4, 0.5) is 0 Å². The van der Waals surface area contributed by atoms with Gasteiger partial charge in [-0.1, -0.05) is 11.6 Å². The van der Waals surface area contributed by atoms with E-state index in [9.17, 15) is 4.79 Å². The van der Waals surface area contributed by atoms with Gasteiger partial charge in [0.2, 0.25) is 0 Å². The van der Waals surface area contributed by atoms with E-state index >= 15 is 0 Å². The van der Waals surface area contributed by atoms with Crippen LogP contribution < -0.4 is 0 Å². The molecule has 0 spiro atoms. The van der Waals surface area contributed by atoms with E-state index in [0.717, 1.165) is 10.9 Å². The molecule has 0 unspecified atom stereocenters. The Morgan fingerprint density at radius 1 is 1.38 bits per heavy atom. The molecular weight excluding hydrogens is 226 g/mol. The maximum Gasteiger partial charge on any atom is 0.340 e. The number of pyridine rings is 1. The molecule has 3 nitrogen and oxygen atoms in total. The van der Waals surface area contributed by atoms with Gasteiger partial charge in [-0.05, 0) is 30.7 Å². The van der Waals surface area contributed by atoms with Crippen molar-refractivity contribution in [2.75, 3.05) is 7.11 Å². The Kier molecular flexibility index (Phi) is 2.79. The molecule has 1 aromatic carbocycles. The summed E-state index contributed by atoms with van der Waals surface area (Å²) < 4.78 is 4.70. The third kappa shape index (κ3) is 1.63. The lowest BCUT2D eigenvalue weighted by Crippen LogP contribution is -2.03. The number of methoxy groups -OCH3 is 1. The molecule has 0 N–H and O–H groups in total. The van der Waals surface area contributed by atoms with Gasteiger partial charge in [0.05, 0.1) is 23.2 Å². The van der Waals surface area contributed by atoms with E-state index in [1.807, 2.05) is 13.0 Å². The number of rotatable bonds is 1. The summed E-state index contributed by atoms with van der Waals surface area (Å²) in [6.07, 6.45) is 1.65. The predicted molar refractivity (Wildman–Crippen MR) is 62.8 cm³/mol. The maximum atomic E-state index is 11.5. The number of hydrogen-bond donors (Lipinski definition) is 0. The molecule has 0 atom stereocenters. The topological polar surface area (TPSA) is 39.2 Å². The molecule has 0 bridgehead atoms. The minimum absolute atomic E-state index is 0.403. The number of halogens is 1. The molecule has 2 rings (SSSR count). The first-order chi connectivity index (χ1) is 7.65. The quantitative estimate of drug-likeness (QED) is 0.714. The zero-order chi connectivity index (χ0) is 11.7. The van der Waals surface area contributed by atoms with Crippen LogP contribution in [-0.2, 0) is 4.74 Å². The molecule has 0 aliphatic rings. The number of hydrogen-bond acceptors (Lipinski definition) is 3. The summed E-state index contributed by atoms with van der Waals surface area (Å²) in [5.41, 5.74) is 2.01. The summed E-state index contributed by atoms with van der Waals surface area (Å²) >= 11 is 6.09. The molecule has 0 saturated carbocycles. The van der Waals surface area contributed by atoms with Gasteiger partial charge in [0.25, 0.3) is 0 Å². The van der Waals surface area contributed by atoms with Gasteiger partial charge in [0.15, 0.2) is 0 Å². The Morgan fingerprint density at radius 2 is 2.12 bits per heavy atom. The summed E-state index contributed by atoms with van der Waals surface area (Å²) in [6, 6.07) is 5.17. The lowest BCUT2D eigenvalue weighted by molar-refractivity contribution is 0.0603. The summed E-state index contributed by atoms with van der Waals surface area (Å²) in [5.74, 6) is -0.403. The van der Waals surface area contributed by atoms with Crippen molar-refractivity contribution >= 4 is 28.5 Å². The van der Waals surface area contributed by atoms with Gasteiger partial charge in [-0.25, -0.2) is 4.79 Å². The fourth-order valence-corrected chi connectivity index (χ4v) is 1.96. The first kappa shape index (κ1) is 10.9. The van der Waals surface area contributed by atoms with Crippen LogP contribution in [0.5, 0.6) is 0 Å². The van der Waals surface area contributed by atoms with Crippen molar-refractivity contribution in [1.82, 2.24) is 4.98 Å². The lowest BCUT2D eigenvalue weighted by Gasteiger charge is -2.07. The van der Waals surface area contributed by atoms with Crippen LogP contribution in [-0.4, -0.2) is 18.1 Å². The van der Waals surface area contributed by atoms with Crippen LogP contribution in [0.3, 0.4) is 0 Å². The molecular formula is C12H10ClNO2. The van der Waals surface area contributed by atoms with Crippen molar-refractivity contribution in [3.05, 3.63) is 40.5 Å². The van der Waals surface area contributed by atoms with Crippen LogP contribution in [0.2, 0.25) is 5.02 Å². The van der Waals surface area contributed by atoms with Crippen LogP contribution in [0, 0.1) is 6.92 Å². The number of esters is 1. The van der Waals surface area contributed by atoms with Crippen molar-refractivity contribution < 1.29 is 9.53 Å². The summed E-state index contributed by atoms with van der Waals surface area (Å²) in [5, 5.41) is 1.39. The van der Waals surface area contributed by atoms with E-state index in [1.54, 1.807) is 18.3 Å². The Hall–Kier alpha value is -1.61. The molecule has 2 aromatic rings. The van der Waals surface area contributed by atoms with Gasteiger partial charge in [-0.15, -0.1) is 0 Å². The first-order valence-corrected chi connectivity index (χ1v) is 5.15. The van der Waals surface area contributed by atoms with Crippen molar-refractivity contribution in [2.45, 2.75) is 6.92 Å². The summed E-state index contributed by atoms with van der Waals surface area (Å²) in [4.78, 5) is 15.7. The predicted octanol–water partition coefficient (Wildman–Crippen LogP) is 2.98. The number of aromatic nitrogens is 1. The Morgan fingerprint density at radius 3 is 2.81 bits per heavy atom. The highest BCUT2D eigenvalue weighted by Gasteiger charge is 2.14. The molecule has 0 fully saturated rings. The SMILES string of the molecule is COC(=O)c1ccc(Cl)c2c(C)ccnc12. The number of fused-ring (bicyclic) bond motifs is 1. The second-order valence-electron chi connectivity index (χ2n) is 3.44. The average molecular weight is 236 g/mol. The first-order valence-electron chi connectivity index (χ1n) is 4.77. The van der Waals surface area contributed by atoms with Crippen LogP contribution in [0.1, 0.15) is 15.9 Å². The van der Waals surface area contributed by atoms with Crippen LogP contribution in [0.25, 0.3) is 10.9 Å². The molecule has 0 aliphatic carbocycles. The van der Waals surface area contributed by atoms with E-state index in [2.05, 4.69) is 4.98 Å². The molecule has 1 aromatic heterocycles. The third-order valence-electron chi connectivity index (χ3n) is 2.45. The Balaban J connectivity index is 2.84. The highest BCUT2D eigenvalue weighted by Crippen LogP contribution is 2.27.